The number of nitrogens with zero attached hydrogens (tertiary/aromatic N) is 3. The third-order valence-corrected chi connectivity index (χ3v) is 4.59. The first-order valence-corrected chi connectivity index (χ1v) is 8.24. The Hall–Kier alpha value is -2.66. The lowest BCUT2D eigenvalue weighted by atomic mass is 10.1. The summed E-state index contributed by atoms with van der Waals surface area (Å²) in [5.74, 6) is 0.0718. The van der Waals surface area contributed by atoms with Crippen molar-refractivity contribution in [3.05, 3.63) is 66.0 Å². The van der Waals surface area contributed by atoms with Gasteiger partial charge >= 0.3 is 0 Å². The Balaban J connectivity index is 1.50. The van der Waals surface area contributed by atoms with Crippen molar-refractivity contribution in [2.24, 2.45) is 5.73 Å². The highest BCUT2D eigenvalue weighted by Crippen LogP contribution is 2.16. The highest BCUT2D eigenvalue weighted by atomic mass is 16.2. The molecule has 3 aromatic rings. The van der Waals surface area contributed by atoms with Crippen LogP contribution in [0.1, 0.15) is 22.3 Å². The van der Waals surface area contributed by atoms with Gasteiger partial charge in [-0.05, 0) is 36.2 Å². The van der Waals surface area contributed by atoms with Crippen LogP contribution in [0.4, 0.5) is 0 Å². The van der Waals surface area contributed by atoms with Crippen LogP contribution in [0.2, 0.25) is 0 Å². The molecule has 0 spiro atoms. The second-order valence-corrected chi connectivity index (χ2v) is 6.36. The molecule has 0 radical (unpaired) electrons. The van der Waals surface area contributed by atoms with Crippen LogP contribution in [-0.4, -0.2) is 39.5 Å². The van der Waals surface area contributed by atoms with Gasteiger partial charge in [-0.15, -0.1) is 0 Å². The monoisotopic (exact) mass is 320 g/mol. The summed E-state index contributed by atoms with van der Waals surface area (Å²) in [4.78, 5) is 18.7. The Morgan fingerprint density at radius 2 is 1.96 bits per heavy atom. The van der Waals surface area contributed by atoms with Gasteiger partial charge in [-0.1, -0.05) is 24.3 Å². The van der Waals surface area contributed by atoms with Crippen LogP contribution >= 0.6 is 0 Å². The quantitative estimate of drug-likeness (QED) is 0.805. The molecular formula is C19H20N4O. The SMILES string of the molecule is NC1CCN(C(=O)c2ccc(Cn3cnc4ccccc43)cc2)C1. The van der Waals surface area contributed by atoms with Gasteiger partial charge in [0.05, 0.1) is 17.4 Å². The second kappa shape index (κ2) is 6.09. The van der Waals surface area contributed by atoms with Crippen LogP contribution < -0.4 is 5.73 Å². The molecule has 2 aromatic carbocycles. The van der Waals surface area contributed by atoms with Crippen LogP contribution in [0, 0.1) is 0 Å². The van der Waals surface area contributed by atoms with Crippen molar-refractivity contribution in [1.29, 1.82) is 0 Å². The van der Waals surface area contributed by atoms with Gasteiger partial charge < -0.3 is 15.2 Å². The van der Waals surface area contributed by atoms with Gasteiger partial charge in [0.1, 0.15) is 0 Å². The molecule has 0 aliphatic carbocycles. The summed E-state index contributed by atoms with van der Waals surface area (Å²) in [6.45, 7) is 2.15. The summed E-state index contributed by atoms with van der Waals surface area (Å²) in [5.41, 5.74) is 9.86. The van der Waals surface area contributed by atoms with Gasteiger partial charge in [0.2, 0.25) is 0 Å². The van der Waals surface area contributed by atoms with Gasteiger partial charge in [-0.2, -0.15) is 0 Å². The van der Waals surface area contributed by atoms with Crippen molar-refractivity contribution in [3.8, 4) is 0 Å². The van der Waals surface area contributed by atoms with E-state index in [4.69, 9.17) is 5.73 Å². The zero-order chi connectivity index (χ0) is 16.5. The molecule has 1 aromatic heterocycles. The fourth-order valence-corrected chi connectivity index (χ4v) is 3.24. The minimum absolute atomic E-state index is 0.0718. The lowest BCUT2D eigenvalue weighted by Gasteiger charge is -2.16. The summed E-state index contributed by atoms with van der Waals surface area (Å²) in [6.07, 6.45) is 2.74. The van der Waals surface area contributed by atoms with Gasteiger partial charge in [-0.25, -0.2) is 4.98 Å². The number of hydrogen-bond acceptors (Lipinski definition) is 3. The first kappa shape index (κ1) is 14.9. The third kappa shape index (κ3) is 2.78. The molecule has 1 atom stereocenters. The molecule has 2 heterocycles. The van der Waals surface area contributed by atoms with Crippen LogP contribution in [0.15, 0.2) is 54.9 Å². The van der Waals surface area contributed by atoms with Crippen molar-refractivity contribution < 1.29 is 4.79 Å². The van der Waals surface area contributed by atoms with E-state index >= 15 is 0 Å². The van der Waals surface area contributed by atoms with E-state index in [0.29, 0.717) is 6.54 Å². The molecule has 0 saturated carbocycles. The van der Waals surface area contributed by atoms with E-state index in [0.717, 1.165) is 41.7 Å². The largest absolute Gasteiger partial charge is 0.337 e. The van der Waals surface area contributed by atoms with E-state index in [9.17, 15) is 4.79 Å². The first-order chi connectivity index (χ1) is 11.7. The van der Waals surface area contributed by atoms with E-state index in [1.165, 1.54) is 0 Å². The summed E-state index contributed by atoms with van der Waals surface area (Å²) in [6, 6.07) is 16.0. The third-order valence-electron chi connectivity index (χ3n) is 4.59. The molecule has 5 heteroatoms. The van der Waals surface area contributed by atoms with Gasteiger partial charge in [0.25, 0.3) is 5.91 Å². The average Bonchev–Trinajstić information content (AvgIpc) is 3.22. The van der Waals surface area contributed by atoms with Crippen molar-refractivity contribution >= 4 is 16.9 Å². The number of rotatable bonds is 3. The number of benzene rings is 2. The molecule has 1 amide bonds. The highest BCUT2D eigenvalue weighted by molar-refractivity contribution is 5.94. The summed E-state index contributed by atoms with van der Waals surface area (Å²) < 4.78 is 2.12. The molecule has 2 N–H and O–H groups in total. The number of carbonyl (C=O) groups is 1. The maximum Gasteiger partial charge on any atom is 0.253 e. The molecular weight excluding hydrogens is 300 g/mol. The fourth-order valence-electron chi connectivity index (χ4n) is 3.24. The topological polar surface area (TPSA) is 64.2 Å². The maximum atomic E-state index is 12.5. The van der Waals surface area contributed by atoms with E-state index in [1.807, 2.05) is 53.7 Å². The Labute approximate surface area is 140 Å². The van der Waals surface area contributed by atoms with E-state index in [-0.39, 0.29) is 11.9 Å². The first-order valence-electron chi connectivity index (χ1n) is 8.24. The molecule has 1 aliphatic rings. The lowest BCUT2D eigenvalue weighted by molar-refractivity contribution is 0.0791. The maximum absolute atomic E-state index is 12.5. The van der Waals surface area contributed by atoms with Crippen LogP contribution in [0.25, 0.3) is 11.0 Å². The Kier molecular flexibility index (Phi) is 3.78. The van der Waals surface area contributed by atoms with Crippen molar-refractivity contribution in [3.63, 3.8) is 0 Å². The van der Waals surface area contributed by atoms with Gasteiger partial charge in [-0.3, -0.25) is 4.79 Å². The summed E-state index contributed by atoms with van der Waals surface area (Å²) >= 11 is 0. The van der Waals surface area contributed by atoms with Gasteiger partial charge in [0.15, 0.2) is 0 Å². The lowest BCUT2D eigenvalue weighted by Crippen LogP contribution is -2.31. The Morgan fingerprint density at radius 3 is 2.71 bits per heavy atom. The molecule has 0 bridgehead atoms. The van der Waals surface area contributed by atoms with Crippen LogP contribution in [0.5, 0.6) is 0 Å². The second-order valence-electron chi connectivity index (χ2n) is 6.36. The minimum atomic E-state index is 0.0718. The molecule has 5 nitrogen and oxygen atoms in total. The standard InChI is InChI=1S/C19H20N4O/c20-16-9-10-22(12-16)19(24)15-7-5-14(6-8-15)11-23-13-21-17-3-1-2-4-18(17)23/h1-8,13,16H,9-12,20H2. The average molecular weight is 320 g/mol. The fraction of sp³-hybridized carbons (Fsp3) is 0.263. The molecule has 1 unspecified atom stereocenters. The number of likely N-dealkylation sites (tertiary alicyclic amines) is 1. The normalized spacial score (nSPS) is 17.5. The summed E-state index contributed by atoms with van der Waals surface area (Å²) in [5, 5.41) is 0. The number of amides is 1. The van der Waals surface area contributed by atoms with Crippen molar-refractivity contribution in [2.75, 3.05) is 13.1 Å². The van der Waals surface area contributed by atoms with Crippen molar-refractivity contribution in [2.45, 2.75) is 19.0 Å². The number of para-hydroxylation sites is 2. The van der Waals surface area contributed by atoms with Gasteiger partial charge in [0, 0.05) is 31.2 Å². The zero-order valence-corrected chi connectivity index (χ0v) is 13.4. The van der Waals surface area contributed by atoms with E-state index in [1.54, 1.807) is 0 Å². The number of hydrogen-bond donors (Lipinski definition) is 1. The summed E-state index contributed by atoms with van der Waals surface area (Å²) in [7, 11) is 0. The molecule has 24 heavy (non-hydrogen) atoms. The number of imidazole rings is 1. The number of aromatic nitrogens is 2. The zero-order valence-electron chi connectivity index (χ0n) is 13.4. The molecule has 122 valence electrons. The predicted molar refractivity (Wildman–Crippen MR) is 93.8 cm³/mol. The van der Waals surface area contributed by atoms with E-state index < -0.39 is 0 Å². The number of carbonyl (C=O) groups excluding carboxylic acids is 1. The molecule has 4 rings (SSSR count). The Bertz CT molecular complexity index is 868. The molecule has 1 fully saturated rings. The smallest absolute Gasteiger partial charge is 0.253 e. The number of nitrogens with two attached hydrogens (primary N) is 1. The molecule has 1 saturated heterocycles. The predicted octanol–water partition coefficient (Wildman–Crippen LogP) is 2.26. The van der Waals surface area contributed by atoms with Crippen molar-refractivity contribution in [1.82, 2.24) is 14.5 Å². The van der Waals surface area contributed by atoms with E-state index in [2.05, 4.69) is 15.6 Å². The van der Waals surface area contributed by atoms with Crippen LogP contribution in [0.3, 0.4) is 0 Å². The molecule has 1 aliphatic heterocycles. The Morgan fingerprint density at radius 1 is 1.17 bits per heavy atom. The van der Waals surface area contributed by atoms with Crippen LogP contribution in [-0.2, 0) is 6.54 Å². The highest BCUT2D eigenvalue weighted by Gasteiger charge is 2.24. The number of fused-ring (bicyclic) bond motifs is 1. The minimum Gasteiger partial charge on any atom is -0.337 e.